The first-order valence-corrected chi connectivity index (χ1v) is 16.8. The van der Waals surface area contributed by atoms with E-state index in [2.05, 4.69) is 31.9 Å². The van der Waals surface area contributed by atoms with Crippen molar-refractivity contribution in [2.75, 3.05) is 10.6 Å². The maximum atomic E-state index is 12.7. The molecule has 5 aromatic carbocycles. The maximum Gasteiger partial charge on any atom is 0.319 e. The molecule has 0 aliphatic rings. The second kappa shape index (κ2) is 18.5. The zero-order chi connectivity index (χ0) is 36.7. The summed E-state index contributed by atoms with van der Waals surface area (Å²) in [5, 5.41) is 17.0. The van der Waals surface area contributed by atoms with Gasteiger partial charge in [-0.15, -0.1) is 0 Å². The molecule has 0 saturated heterocycles. The fraction of sp³-hybridized carbons (Fsp3) is 0.150. The number of hydrogen-bond donors (Lipinski definition) is 8. The van der Waals surface area contributed by atoms with Gasteiger partial charge in [-0.05, 0) is 81.9 Å². The fourth-order valence-corrected chi connectivity index (χ4v) is 5.06. The number of rotatable bonds is 14. The number of urea groups is 2. The van der Waals surface area contributed by atoms with E-state index in [1.807, 2.05) is 72.8 Å². The number of benzene rings is 5. The second-order valence-corrected chi connectivity index (χ2v) is 12.0. The molecule has 10 N–H and O–H groups in total. The Morgan fingerprint density at radius 2 is 0.635 bits per heavy atom. The third kappa shape index (κ3) is 11.3. The molecule has 0 aromatic heterocycles. The number of hydrogen-bond acceptors (Lipinski definition) is 6. The Balaban J connectivity index is 0.995. The van der Waals surface area contributed by atoms with E-state index in [4.69, 9.17) is 11.5 Å². The van der Waals surface area contributed by atoms with Gasteiger partial charge in [0.1, 0.15) is 0 Å². The smallest absolute Gasteiger partial charge is 0.319 e. The van der Waals surface area contributed by atoms with Crippen LogP contribution in [0.2, 0.25) is 0 Å². The van der Waals surface area contributed by atoms with Crippen molar-refractivity contribution in [1.29, 1.82) is 0 Å². The van der Waals surface area contributed by atoms with Crippen LogP contribution < -0.4 is 43.4 Å². The average Bonchev–Trinajstić information content (AvgIpc) is 3.19. The molecule has 0 atom stereocenters. The molecule has 266 valence electrons. The minimum atomic E-state index is -0.326. The summed E-state index contributed by atoms with van der Waals surface area (Å²) < 4.78 is 0. The first-order chi connectivity index (χ1) is 25.3. The van der Waals surface area contributed by atoms with E-state index >= 15 is 0 Å². The van der Waals surface area contributed by atoms with Gasteiger partial charge in [0.05, 0.1) is 0 Å². The lowest BCUT2D eigenvalue weighted by Gasteiger charge is -2.10. The van der Waals surface area contributed by atoms with Gasteiger partial charge in [-0.3, -0.25) is 9.59 Å². The summed E-state index contributed by atoms with van der Waals surface area (Å²) in [7, 11) is 0. The molecule has 0 radical (unpaired) electrons. The van der Waals surface area contributed by atoms with E-state index in [-0.39, 0.29) is 37.0 Å². The van der Waals surface area contributed by atoms with E-state index in [1.165, 1.54) is 0 Å². The molecule has 0 spiro atoms. The molecule has 0 saturated carbocycles. The monoisotopic (exact) mass is 698 g/mol. The first kappa shape index (κ1) is 36.8. The van der Waals surface area contributed by atoms with Crippen LogP contribution in [-0.4, -0.2) is 23.9 Å². The third-order valence-corrected chi connectivity index (χ3v) is 8.16. The Morgan fingerprint density at radius 1 is 0.365 bits per heavy atom. The minimum absolute atomic E-state index is 0.281. The summed E-state index contributed by atoms with van der Waals surface area (Å²) in [5.41, 5.74) is 19.0. The lowest BCUT2D eigenvalue weighted by atomic mass is 10.1. The van der Waals surface area contributed by atoms with Crippen molar-refractivity contribution in [3.8, 4) is 0 Å². The van der Waals surface area contributed by atoms with Gasteiger partial charge in [0.2, 0.25) is 0 Å². The van der Waals surface area contributed by atoms with Crippen LogP contribution in [0.1, 0.15) is 54.1 Å². The quantitative estimate of drug-likeness (QED) is 0.0795. The van der Waals surface area contributed by atoms with Crippen molar-refractivity contribution in [3.63, 3.8) is 0 Å². The molecule has 0 fully saturated rings. The van der Waals surface area contributed by atoms with Gasteiger partial charge in [-0.25, -0.2) is 9.59 Å². The topological polar surface area (TPSA) is 192 Å². The van der Waals surface area contributed by atoms with E-state index < -0.39 is 0 Å². The third-order valence-electron chi connectivity index (χ3n) is 8.16. The van der Waals surface area contributed by atoms with Crippen LogP contribution in [0.3, 0.4) is 0 Å². The summed E-state index contributed by atoms with van der Waals surface area (Å²) in [6.45, 7) is 2.29. The maximum absolute atomic E-state index is 12.7. The number of carbonyl (C=O) groups excluding carboxylic acids is 4. The van der Waals surface area contributed by atoms with Gasteiger partial charge in [0.25, 0.3) is 11.8 Å². The van der Waals surface area contributed by atoms with Gasteiger partial charge in [0.15, 0.2) is 0 Å². The van der Waals surface area contributed by atoms with Gasteiger partial charge in [-0.1, -0.05) is 72.8 Å². The molecule has 0 bridgehead atoms. The van der Waals surface area contributed by atoms with E-state index in [9.17, 15) is 19.2 Å². The summed E-state index contributed by atoms with van der Waals surface area (Å²) in [4.78, 5) is 50.1. The predicted molar refractivity (Wildman–Crippen MR) is 202 cm³/mol. The number of anilines is 2. The molecule has 6 amide bonds. The highest BCUT2D eigenvalue weighted by molar-refractivity contribution is 5.98. The van der Waals surface area contributed by atoms with Crippen molar-refractivity contribution < 1.29 is 19.2 Å². The molecule has 12 nitrogen and oxygen atoms in total. The largest absolute Gasteiger partial charge is 0.348 e. The lowest BCUT2D eigenvalue weighted by Crippen LogP contribution is -2.28. The Labute approximate surface area is 302 Å². The first-order valence-electron chi connectivity index (χ1n) is 16.8. The van der Waals surface area contributed by atoms with E-state index in [0.717, 1.165) is 33.4 Å². The Hall–Kier alpha value is -6.50. The van der Waals surface area contributed by atoms with Crippen LogP contribution in [0.25, 0.3) is 0 Å². The number of amides is 6. The molecule has 0 aliphatic heterocycles. The molecule has 0 heterocycles. The molecule has 0 unspecified atom stereocenters. The molecule has 0 aliphatic carbocycles. The summed E-state index contributed by atoms with van der Waals surface area (Å²) in [5.74, 6) is -0.562. The van der Waals surface area contributed by atoms with Crippen LogP contribution in [-0.2, 0) is 39.3 Å². The van der Waals surface area contributed by atoms with Crippen molar-refractivity contribution >= 4 is 35.3 Å². The molecule has 52 heavy (non-hydrogen) atoms. The van der Waals surface area contributed by atoms with Crippen molar-refractivity contribution in [1.82, 2.24) is 21.3 Å². The molecular formula is C40H42N8O4. The van der Waals surface area contributed by atoms with Gasteiger partial charge in [0, 0.05) is 61.8 Å². The van der Waals surface area contributed by atoms with E-state index in [0.29, 0.717) is 48.7 Å². The van der Waals surface area contributed by atoms with Gasteiger partial charge in [-0.2, -0.15) is 0 Å². The highest BCUT2D eigenvalue weighted by atomic mass is 16.2. The minimum Gasteiger partial charge on any atom is -0.348 e. The number of nitrogens with two attached hydrogens (primary N) is 2. The van der Waals surface area contributed by atoms with Crippen LogP contribution in [0.15, 0.2) is 121 Å². The Morgan fingerprint density at radius 3 is 0.942 bits per heavy atom. The van der Waals surface area contributed by atoms with Crippen molar-refractivity contribution in [3.05, 3.63) is 166 Å². The SMILES string of the molecule is NCc1ccc(CNC(=O)Nc2ccc(CNC(=O)c3ccc(C(=O)NCc4ccc(NC(=O)NCc5ccc(CN)cc5)cc4)cc3)cc2)cc1. The summed E-state index contributed by atoms with van der Waals surface area (Å²) >= 11 is 0. The highest BCUT2D eigenvalue weighted by Crippen LogP contribution is 2.13. The number of nitrogens with one attached hydrogen (secondary N) is 6. The lowest BCUT2D eigenvalue weighted by molar-refractivity contribution is 0.0939. The molecule has 5 rings (SSSR count). The standard InChI is InChI=1S/C40H42N8O4/c41-21-27-1-5-29(6-2-27)25-45-39(51)47-35-17-9-31(10-18-35)23-43-37(49)33-13-15-34(16-14-33)38(50)44-24-32-11-19-36(20-12-32)48-40(52)46-26-30-7-3-28(22-42)4-8-30/h1-20H,21-26,41-42H2,(H,43,49)(H,44,50)(H2,45,47,51)(H2,46,48,52). The summed E-state index contributed by atoms with van der Waals surface area (Å²) in [6, 6.07) is 35.5. The summed E-state index contributed by atoms with van der Waals surface area (Å²) in [6.07, 6.45) is 0. The van der Waals surface area contributed by atoms with Crippen LogP contribution in [0.5, 0.6) is 0 Å². The van der Waals surface area contributed by atoms with Crippen molar-refractivity contribution in [2.45, 2.75) is 39.3 Å². The molecule has 5 aromatic rings. The zero-order valence-corrected chi connectivity index (χ0v) is 28.6. The molecular weight excluding hydrogens is 656 g/mol. The van der Waals surface area contributed by atoms with Gasteiger partial charge >= 0.3 is 12.1 Å². The van der Waals surface area contributed by atoms with Crippen LogP contribution >= 0.6 is 0 Å². The van der Waals surface area contributed by atoms with E-state index in [1.54, 1.807) is 48.5 Å². The van der Waals surface area contributed by atoms with Gasteiger partial charge < -0.3 is 43.4 Å². The normalized spacial score (nSPS) is 10.5. The second-order valence-electron chi connectivity index (χ2n) is 12.0. The highest BCUT2D eigenvalue weighted by Gasteiger charge is 2.10. The van der Waals surface area contributed by atoms with Crippen molar-refractivity contribution in [2.24, 2.45) is 11.5 Å². The number of carbonyl (C=O) groups is 4. The Bertz CT molecular complexity index is 1800. The zero-order valence-electron chi connectivity index (χ0n) is 28.6. The Kier molecular flexibility index (Phi) is 13.1. The van der Waals surface area contributed by atoms with Crippen LogP contribution in [0.4, 0.5) is 21.0 Å². The molecule has 12 heteroatoms. The fourth-order valence-electron chi connectivity index (χ4n) is 5.06. The van der Waals surface area contributed by atoms with Crippen LogP contribution in [0, 0.1) is 0 Å². The average molecular weight is 699 g/mol. The predicted octanol–water partition coefficient (Wildman–Crippen LogP) is 5.11.